The van der Waals surface area contributed by atoms with Gasteiger partial charge in [-0.3, -0.25) is 4.99 Å². The topological polar surface area (TPSA) is 36.4 Å². The second-order valence-electron chi connectivity index (χ2n) is 4.30. The van der Waals surface area contributed by atoms with Crippen LogP contribution in [0.5, 0.6) is 0 Å². The zero-order valence-electron chi connectivity index (χ0n) is 11.9. The van der Waals surface area contributed by atoms with E-state index >= 15 is 0 Å². The molecule has 0 fully saturated rings. The normalized spacial score (nSPS) is 11.5. The number of nitrogens with one attached hydrogen (secondary N) is 2. The molecule has 3 nitrogen and oxygen atoms in total. The van der Waals surface area contributed by atoms with Crippen LogP contribution in [-0.4, -0.2) is 31.6 Å². The Hall–Kier alpha value is -0.750. The average molecular weight is 362 g/mol. The molecule has 0 unspecified atom stereocenters. The van der Waals surface area contributed by atoms with Crippen molar-refractivity contribution in [3.63, 3.8) is 0 Å². The predicted molar refractivity (Wildman–Crippen MR) is 89.9 cm³/mol. The molecule has 0 bridgehead atoms. The summed E-state index contributed by atoms with van der Waals surface area (Å²) in [6, 6.07) is 5.11. The van der Waals surface area contributed by atoms with Crippen LogP contribution in [0.4, 0.5) is 4.39 Å². The van der Waals surface area contributed by atoms with E-state index in [4.69, 9.17) is 0 Å². The van der Waals surface area contributed by atoms with E-state index < -0.39 is 0 Å². The fraction of sp³-hybridized carbons (Fsp3) is 0.500. The summed E-state index contributed by atoms with van der Waals surface area (Å²) >= 11 is 5.01. The monoisotopic (exact) mass is 361 g/mol. The highest BCUT2D eigenvalue weighted by molar-refractivity contribution is 9.10. The van der Waals surface area contributed by atoms with Crippen molar-refractivity contribution in [1.82, 2.24) is 10.6 Å². The number of hydrogen-bond donors (Lipinski definition) is 2. The second kappa shape index (κ2) is 10.0. The number of guanidine groups is 1. The molecule has 0 atom stereocenters. The maximum atomic E-state index is 13.4. The van der Waals surface area contributed by atoms with Gasteiger partial charge in [0.15, 0.2) is 5.96 Å². The molecular weight excluding hydrogens is 341 g/mol. The van der Waals surface area contributed by atoms with Crippen molar-refractivity contribution >= 4 is 33.7 Å². The number of benzene rings is 1. The number of unbranched alkanes of at least 4 members (excludes halogenated alkanes) is 1. The van der Waals surface area contributed by atoms with Crippen molar-refractivity contribution < 1.29 is 4.39 Å². The van der Waals surface area contributed by atoms with Crippen LogP contribution < -0.4 is 10.6 Å². The Morgan fingerprint density at radius 1 is 1.35 bits per heavy atom. The quantitative estimate of drug-likeness (QED) is 0.444. The Bertz CT molecular complexity index is 440. The first-order chi connectivity index (χ1) is 9.67. The average Bonchev–Trinajstić information content (AvgIpc) is 2.45. The number of halogens is 2. The van der Waals surface area contributed by atoms with Gasteiger partial charge in [0.05, 0.1) is 4.47 Å². The minimum atomic E-state index is -0.246. The highest BCUT2D eigenvalue weighted by atomic mass is 79.9. The van der Waals surface area contributed by atoms with Crippen molar-refractivity contribution in [3.8, 4) is 0 Å². The van der Waals surface area contributed by atoms with Gasteiger partial charge in [-0.25, -0.2) is 4.39 Å². The van der Waals surface area contributed by atoms with E-state index in [1.165, 1.54) is 18.2 Å². The van der Waals surface area contributed by atoms with Crippen LogP contribution in [0.25, 0.3) is 0 Å². The highest BCUT2D eigenvalue weighted by Gasteiger charge is 2.02. The first kappa shape index (κ1) is 17.3. The van der Waals surface area contributed by atoms with Gasteiger partial charge in [0.2, 0.25) is 0 Å². The summed E-state index contributed by atoms with van der Waals surface area (Å²) in [6.07, 6.45) is 4.43. The molecule has 0 aliphatic carbocycles. The van der Waals surface area contributed by atoms with Crippen molar-refractivity contribution in [3.05, 3.63) is 34.1 Å². The fourth-order valence-electron chi connectivity index (χ4n) is 1.63. The summed E-state index contributed by atoms with van der Waals surface area (Å²) in [5, 5.41) is 6.43. The van der Waals surface area contributed by atoms with E-state index in [9.17, 15) is 4.39 Å². The zero-order chi connectivity index (χ0) is 14.8. The molecule has 0 heterocycles. The number of hydrogen-bond acceptors (Lipinski definition) is 2. The van der Waals surface area contributed by atoms with Crippen LogP contribution >= 0.6 is 27.7 Å². The van der Waals surface area contributed by atoms with Gasteiger partial charge in [0.25, 0.3) is 0 Å². The second-order valence-corrected chi connectivity index (χ2v) is 6.14. The first-order valence-corrected chi connectivity index (χ1v) is 8.73. The molecule has 2 N–H and O–H groups in total. The number of nitrogens with zero attached hydrogens (tertiary/aromatic N) is 1. The fourth-order valence-corrected chi connectivity index (χ4v) is 2.37. The Balaban J connectivity index is 2.32. The van der Waals surface area contributed by atoms with Crippen LogP contribution in [0.1, 0.15) is 18.4 Å². The summed E-state index contributed by atoms with van der Waals surface area (Å²) in [6.45, 7) is 1.45. The van der Waals surface area contributed by atoms with E-state index in [0.717, 1.165) is 24.5 Å². The van der Waals surface area contributed by atoms with Gasteiger partial charge in [0.1, 0.15) is 5.82 Å². The molecular formula is C14H21BrFN3S. The van der Waals surface area contributed by atoms with Gasteiger partial charge >= 0.3 is 0 Å². The van der Waals surface area contributed by atoms with Gasteiger partial charge in [-0.15, -0.1) is 0 Å². The summed E-state index contributed by atoms with van der Waals surface area (Å²) in [4.78, 5) is 4.15. The lowest BCUT2D eigenvalue weighted by atomic mass is 10.2. The molecule has 0 saturated carbocycles. The Morgan fingerprint density at radius 3 is 2.80 bits per heavy atom. The molecule has 0 saturated heterocycles. The van der Waals surface area contributed by atoms with Crippen LogP contribution in [0.3, 0.4) is 0 Å². The number of rotatable bonds is 7. The predicted octanol–water partition coefficient (Wildman–Crippen LogP) is 3.40. The minimum Gasteiger partial charge on any atom is -0.356 e. The van der Waals surface area contributed by atoms with Gasteiger partial charge in [-0.1, -0.05) is 6.07 Å². The van der Waals surface area contributed by atoms with E-state index in [0.29, 0.717) is 11.0 Å². The smallest absolute Gasteiger partial charge is 0.191 e. The molecule has 1 rings (SSSR count). The van der Waals surface area contributed by atoms with Crippen molar-refractivity contribution in [2.75, 3.05) is 25.6 Å². The van der Waals surface area contributed by atoms with Gasteiger partial charge in [0, 0.05) is 20.1 Å². The zero-order valence-corrected chi connectivity index (χ0v) is 14.3. The summed E-state index contributed by atoms with van der Waals surface area (Å²) < 4.78 is 13.9. The lowest BCUT2D eigenvalue weighted by Gasteiger charge is -2.12. The maximum absolute atomic E-state index is 13.4. The third-order valence-corrected chi connectivity index (χ3v) is 4.08. The van der Waals surface area contributed by atoms with E-state index in [1.807, 2.05) is 17.8 Å². The van der Waals surface area contributed by atoms with Crippen molar-refractivity contribution in [1.29, 1.82) is 0 Å². The van der Waals surface area contributed by atoms with E-state index in [2.05, 4.69) is 37.8 Å². The number of aliphatic imine (C=N–C) groups is 1. The maximum Gasteiger partial charge on any atom is 0.191 e. The van der Waals surface area contributed by atoms with E-state index in [1.54, 1.807) is 13.1 Å². The molecule has 0 radical (unpaired) electrons. The lowest BCUT2D eigenvalue weighted by Crippen LogP contribution is -2.37. The van der Waals surface area contributed by atoms with Crippen LogP contribution in [0.2, 0.25) is 0 Å². The van der Waals surface area contributed by atoms with Crippen LogP contribution in [-0.2, 0) is 6.54 Å². The van der Waals surface area contributed by atoms with Crippen molar-refractivity contribution in [2.24, 2.45) is 4.99 Å². The Morgan fingerprint density at radius 2 is 2.15 bits per heavy atom. The Labute approximate surface area is 133 Å². The molecule has 0 spiro atoms. The molecule has 112 valence electrons. The molecule has 1 aromatic carbocycles. The molecule has 1 aromatic rings. The summed E-state index contributed by atoms with van der Waals surface area (Å²) in [5.74, 6) is 1.69. The first-order valence-electron chi connectivity index (χ1n) is 6.54. The van der Waals surface area contributed by atoms with Crippen LogP contribution in [0, 0.1) is 5.82 Å². The molecule has 20 heavy (non-hydrogen) atoms. The van der Waals surface area contributed by atoms with Gasteiger partial charge in [-0.2, -0.15) is 11.8 Å². The summed E-state index contributed by atoms with van der Waals surface area (Å²) in [7, 11) is 1.74. The molecule has 0 amide bonds. The van der Waals surface area contributed by atoms with Gasteiger partial charge in [-0.05, 0) is 58.5 Å². The molecule has 6 heteroatoms. The largest absolute Gasteiger partial charge is 0.356 e. The molecule has 0 aliphatic heterocycles. The lowest BCUT2D eigenvalue weighted by molar-refractivity contribution is 0.617. The molecule has 0 aliphatic rings. The summed E-state index contributed by atoms with van der Waals surface area (Å²) in [5.41, 5.74) is 0.885. The Kier molecular flexibility index (Phi) is 8.69. The molecule has 0 aromatic heterocycles. The minimum absolute atomic E-state index is 0.246. The standard InChI is InChI=1S/C14H21BrFN3S/c1-17-14(18-7-3-4-8-20-2)19-10-11-5-6-12(15)13(16)9-11/h5-6,9H,3-4,7-8,10H2,1-2H3,(H2,17,18,19). The number of thioether (sulfide) groups is 1. The van der Waals surface area contributed by atoms with Crippen molar-refractivity contribution in [2.45, 2.75) is 19.4 Å². The SMILES string of the molecule is CN=C(NCCCCSC)NCc1ccc(Br)c(F)c1. The van der Waals surface area contributed by atoms with Gasteiger partial charge < -0.3 is 10.6 Å². The third kappa shape index (κ3) is 6.61. The highest BCUT2D eigenvalue weighted by Crippen LogP contribution is 2.16. The van der Waals surface area contributed by atoms with Crippen LogP contribution in [0.15, 0.2) is 27.7 Å². The third-order valence-electron chi connectivity index (χ3n) is 2.74. The van der Waals surface area contributed by atoms with E-state index in [-0.39, 0.29) is 5.82 Å².